The maximum Gasteiger partial charge on any atom is 0.0367 e. The van der Waals surface area contributed by atoms with Crippen molar-refractivity contribution >= 4 is 11.6 Å². The van der Waals surface area contributed by atoms with Gasteiger partial charge in [0.1, 0.15) is 0 Å². The number of aryl methyl sites for hydroxylation is 3. The van der Waals surface area contributed by atoms with Crippen molar-refractivity contribution in [1.82, 2.24) is 0 Å². The van der Waals surface area contributed by atoms with Crippen LogP contribution in [-0.2, 0) is 6.42 Å². The number of hydrogen-bond donors (Lipinski definition) is 0. The Balaban J connectivity index is 2.11. The van der Waals surface area contributed by atoms with Crippen molar-refractivity contribution in [3.05, 3.63) is 34.4 Å². The average Bonchev–Trinajstić information content (AvgIpc) is 2.37. The van der Waals surface area contributed by atoms with Crippen molar-refractivity contribution in [3.8, 4) is 0 Å². The second-order valence-corrected chi connectivity index (χ2v) is 7.39. The molecular formula is C19H29Cl. The molecule has 112 valence electrons. The molecule has 1 aliphatic rings. The van der Waals surface area contributed by atoms with Crippen molar-refractivity contribution in [2.45, 2.75) is 71.6 Å². The fourth-order valence-corrected chi connectivity index (χ4v) is 4.32. The summed E-state index contributed by atoms with van der Waals surface area (Å²) in [7, 11) is 0. The molecule has 0 spiro atoms. The summed E-state index contributed by atoms with van der Waals surface area (Å²) in [6.07, 6.45) is 7.74. The zero-order chi connectivity index (χ0) is 14.7. The van der Waals surface area contributed by atoms with E-state index in [-0.39, 0.29) is 0 Å². The van der Waals surface area contributed by atoms with Crippen LogP contribution in [-0.4, -0.2) is 5.38 Å². The van der Waals surface area contributed by atoms with Crippen molar-refractivity contribution in [1.29, 1.82) is 0 Å². The van der Waals surface area contributed by atoms with E-state index < -0.39 is 0 Å². The summed E-state index contributed by atoms with van der Waals surface area (Å²) in [6.45, 7) is 9.00. The summed E-state index contributed by atoms with van der Waals surface area (Å²) in [6, 6.07) is 4.63. The maximum absolute atomic E-state index is 6.63. The Morgan fingerprint density at radius 1 is 1.10 bits per heavy atom. The lowest BCUT2D eigenvalue weighted by Gasteiger charge is -2.33. The van der Waals surface area contributed by atoms with Gasteiger partial charge in [0, 0.05) is 5.38 Å². The first kappa shape index (κ1) is 15.9. The number of rotatable bonds is 4. The molecule has 0 aliphatic heterocycles. The van der Waals surface area contributed by atoms with E-state index in [9.17, 15) is 0 Å². The van der Waals surface area contributed by atoms with E-state index in [1.54, 1.807) is 5.56 Å². The molecule has 20 heavy (non-hydrogen) atoms. The highest BCUT2D eigenvalue weighted by Crippen LogP contribution is 2.37. The van der Waals surface area contributed by atoms with Gasteiger partial charge in [-0.2, -0.15) is 0 Å². The van der Waals surface area contributed by atoms with Crippen LogP contribution >= 0.6 is 11.6 Å². The predicted octanol–water partition coefficient (Wildman–Crippen LogP) is 5.98. The number of benzene rings is 1. The highest BCUT2D eigenvalue weighted by atomic mass is 35.5. The molecular weight excluding hydrogens is 264 g/mol. The fourth-order valence-electron chi connectivity index (χ4n) is 4.00. The molecule has 3 atom stereocenters. The molecule has 2 rings (SSSR count). The molecule has 1 aromatic rings. The van der Waals surface area contributed by atoms with Crippen LogP contribution in [0.25, 0.3) is 0 Å². The molecule has 0 bridgehead atoms. The second-order valence-electron chi connectivity index (χ2n) is 6.83. The van der Waals surface area contributed by atoms with Gasteiger partial charge < -0.3 is 0 Å². The van der Waals surface area contributed by atoms with Crippen molar-refractivity contribution in [3.63, 3.8) is 0 Å². The number of hydrogen-bond acceptors (Lipinski definition) is 0. The van der Waals surface area contributed by atoms with Gasteiger partial charge in [-0.3, -0.25) is 0 Å². The normalized spacial score (nSPS) is 26.8. The van der Waals surface area contributed by atoms with Gasteiger partial charge in [-0.25, -0.2) is 0 Å². The third kappa shape index (κ3) is 3.79. The monoisotopic (exact) mass is 292 g/mol. The third-order valence-electron chi connectivity index (χ3n) is 5.00. The smallest absolute Gasteiger partial charge is 0.0367 e. The predicted molar refractivity (Wildman–Crippen MR) is 89.7 cm³/mol. The minimum Gasteiger partial charge on any atom is -0.123 e. The van der Waals surface area contributed by atoms with E-state index in [0.717, 1.165) is 5.92 Å². The van der Waals surface area contributed by atoms with Crippen LogP contribution in [0.4, 0.5) is 0 Å². The van der Waals surface area contributed by atoms with E-state index >= 15 is 0 Å². The molecule has 1 aliphatic carbocycles. The second kappa shape index (κ2) is 6.98. The van der Waals surface area contributed by atoms with Crippen LogP contribution in [0.2, 0.25) is 0 Å². The number of halogens is 1. The van der Waals surface area contributed by atoms with E-state index in [4.69, 9.17) is 11.6 Å². The molecule has 1 saturated carbocycles. The van der Waals surface area contributed by atoms with Gasteiger partial charge in [0.05, 0.1) is 0 Å². The highest BCUT2D eigenvalue weighted by Gasteiger charge is 2.29. The van der Waals surface area contributed by atoms with Crippen LogP contribution in [0, 0.1) is 32.6 Å². The summed E-state index contributed by atoms with van der Waals surface area (Å²) in [5, 5.41) is 0.378. The Bertz CT molecular complexity index is 426. The minimum absolute atomic E-state index is 0.378. The first-order valence-corrected chi connectivity index (χ1v) is 8.65. The lowest BCUT2D eigenvalue weighted by Crippen LogP contribution is -2.27. The molecule has 3 unspecified atom stereocenters. The molecule has 1 aromatic carbocycles. The Morgan fingerprint density at radius 3 is 2.35 bits per heavy atom. The highest BCUT2D eigenvalue weighted by molar-refractivity contribution is 6.20. The summed E-state index contributed by atoms with van der Waals surface area (Å²) >= 11 is 6.63. The maximum atomic E-state index is 6.63. The van der Waals surface area contributed by atoms with Crippen LogP contribution in [0.1, 0.15) is 61.3 Å². The zero-order valence-electron chi connectivity index (χ0n) is 13.5. The van der Waals surface area contributed by atoms with Crippen molar-refractivity contribution in [2.24, 2.45) is 11.8 Å². The fraction of sp³-hybridized carbons (Fsp3) is 0.684. The Morgan fingerprint density at radius 2 is 1.75 bits per heavy atom. The topological polar surface area (TPSA) is 0 Å². The van der Waals surface area contributed by atoms with E-state index in [1.807, 2.05) is 0 Å². The SMILES string of the molecule is CCCC1CCC(Cl)C(Cc2c(C)cc(C)cc2C)C1. The van der Waals surface area contributed by atoms with Crippen molar-refractivity contribution in [2.75, 3.05) is 0 Å². The van der Waals surface area contributed by atoms with E-state index in [2.05, 4.69) is 39.8 Å². The first-order chi connectivity index (χ1) is 9.51. The average molecular weight is 293 g/mol. The Labute approximate surface area is 129 Å². The molecule has 0 saturated heterocycles. The quantitative estimate of drug-likeness (QED) is 0.599. The Hall–Kier alpha value is -0.490. The molecule has 1 fully saturated rings. The summed E-state index contributed by atoms with van der Waals surface area (Å²) in [5.41, 5.74) is 5.81. The zero-order valence-corrected chi connectivity index (χ0v) is 14.3. The standard InChI is InChI=1S/C19H29Cl/c1-5-6-16-7-8-19(20)17(11-16)12-18-14(3)9-13(2)10-15(18)4/h9-10,16-17,19H,5-8,11-12H2,1-4H3. The van der Waals surface area contributed by atoms with E-state index in [1.165, 1.54) is 55.2 Å². The van der Waals surface area contributed by atoms with Crippen LogP contribution in [0.5, 0.6) is 0 Å². The summed E-state index contributed by atoms with van der Waals surface area (Å²) in [5.74, 6) is 1.58. The summed E-state index contributed by atoms with van der Waals surface area (Å²) in [4.78, 5) is 0. The largest absolute Gasteiger partial charge is 0.123 e. The van der Waals surface area contributed by atoms with Gasteiger partial charge in [-0.15, -0.1) is 11.6 Å². The van der Waals surface area contributed by atoms with Gasteiger partial charge in [0.25, 0.3) is 0 Å². The van der Waals surface area contributed by atoms with Gasteiger partial charge in [0.15, 0.2) is 0 Å². The molecule has 0 heterocycles. The van der Waals surface area contributed by atoms with Gasteiger partial charge >= 0.3 is 0 Å². The van der Waals surface area contributed by atoms with Crippen LogP contribution in [0.3, 0.4) is 0 Å². The van der Waals surface area contributed by atoms with Crippen molar-refractivity contribution < 1.29 is 0 Å². The molecule has 1 heteroatoms. The molecule has 0 amide bonds. The third-order valence-corrected chi connectivity index (χ3v) is 5.58. The molecule has 0 radical (unpaired) electrons. The molecule has 0 aromatic heterocycles. The minimum atomic E-state index is 0.378. The van der Waals surface area contributed by atoms with E-state index in [0.29, 0.717) is 11.3 Å². The first-order valence-electron chi connectivity index (χ1n) is 8.22. The lowest BCUT2D eigenvalue weighted by atomic mass is 9.75. The summed E-state index contributed by atoms with van der Waals surface area (Å²) < 4.78 is 0. The van der Waals surface area contributed by atoms with Crippen LogP contribution in [0.15, 0.2) is 12.1 Å². The van der Waals surface area contributed by atoms with Gasteiger partial charge in [-0.1, -0.05) is 37.5 Å². The molecule has 0 nitrogen and oxygen atoms in total. The number of alkyl halides is 1. The van der Waals surface area contributed by atoms with Gasteiger partial charge in [0.2, 0.25) is 0 Å². The Kier molecular flexibility index (Phi) is 5.55. The van der Waals surface area contributed by atoms with Crippen LogP contribution < -0.4 is 0 Å². The van der Waals surface area contributed by atoms with Gasteiger partial charge in [-0.05, 0) is 75.0 Å². The molecule has 0 N–H and O–H groups in total. The lowest BCUT2D eigenvalue weighted by molar-refractivity contribution is 0.257.